The van der Waals surface area contributed by atoms with Crippen molar-refractivity contribution in [2.75, 3.05) is 0 Å². The predicted molar refractivity (Wildman–Crippen MR) is 101 cm³/mol. The van der Waals surface area contributed by atoms with Crippen LogP contribution in [0.4, 0.5) is 0 Å². The first-order valence-electron chi connectivity index (χ1n) is 8.29. The predicted octanol–water partition coefficient (Wildman–Crippen LogP) is 5.02. The third-order valence-electron chi connectivity index (χ3n) is 4.38. The molecule has 0 unspecified atom stereocenters. The summed E-state index contributed by atoms with van der Waals surface area (Å²) in [7, 11) is 0. The van der Waals surface area contributed by atoms with Gasteiger partial charge in [0.25, 0.3) is 0 Å². The van der Waals surface area contributed by atoms with Crippen LogP contribution in [0.1, 0.15) is 11.1 Å². The van der Waals surface area contributed by atoms with E-state index in [1.807, 2.05) is 47.1 Å². The molecule has 0 fully saturated rings. The minimum Gasteiger partial charge on any atom is -0.238 e. The van der Waals surface area contributed by atoms with Crippen molar-refractivity contribution in [3.63, 3.8) is 0 Å². The molecule has 3 nitrogen and oxygen atoms in total. The Morgan fingerprint density at radius 2 is 1.58 bits per heavy atom. The quantitative estimate of drug-likeness (QED) is 0.358. The van der Waals surface area contributed by atoms with Gasteiger partial charge in [0.2, 0.25) is 0 Å². The van der Waals surface area contributed by atoms with E-state index in [0.717, 1.165) is 22.6 Å². The van der Waals surface area contributed by atoms with Crippen LogP contribution in [0.2, 0.25) is 0 Å². The Labute approximate surface area is 167 Å². The van der Waals surface area contributed by atoms with Gasteiger partial charge >= 0.3 is 0 Å². The van der Waals surface area contributed by atoms with Gasteiger partial charge in [-0.3, -0.25) is 0 Å². The molecule has 131 valence electrons. The molecule has 0 saturated carbocycles. The van der Waals surface area contributed by atoms with Crippen molar-refractivity contribution in [2.45, 2.75) is 13.8 Å². The summed E-state index contributed by atoms with van der Waals surface area (Å²) in [4.78, 5) is 4.47. The number of nitrogens with zero attached hydrogens (tertiary/aromatic N) is 3. The van der Waals surface area contributed by atoms with E-state index >= 15 is 0 Å². The van der Waals surface area contributed by atoms with Crippen LogP contribution in [-0.4, -0.2) is 14.8 Å². The van der Waals surface area contributed by atoms with Crippen LogP contribution in [0, 0.1) is 19.9 Å². The molecule has 0 spiro atoms. The maximum Gasteiger partial charge on any atom is 0.160 e. The fourth-order valence-corrected chi connectivity index (χ4v) is 3.23. The molecule has 0 aliphatic rings. The van der Waals surface area contributed by atoms with Crippen LogP contribution in [0.15, 0.2) is 73.1 Å². The molecule has 0 amide bonds. The molecule has 3 aromatic carbocycles. The minimum atomic E-state index is 0. The third kappa shape index (κ3) is 3.26. The molecule has 0 aliphatic heterocycles. The topological polar surface area (TPSA) is 30.7 Å². The number of rotatable bonds is 3. The first kappa shape index (κ1) is 18.2. The average molecular weight is 517 g/mol. The first-order chi connectivity index (χ1) is 12.3. The van der Waals surface area contributed by atoms with Gasteiger partial charge in [-0.2, -0.15) is 29.4 Å². The summed E-state index contributed by atoms with van der Waals surface area (Å²) in [5.74, 6) is 0.815. The van der Waals surface area contributed by atoms with Crippen molar-refractivity contribution in [1.29, 1.82) is 0 Å². The van der Waals surface area contributed by atoms with Gasteiger partial charge in [-0.15, -0.1) is 5.56 Å². The van der Waals surface area contributed by atoms with Gasteiger partial charge in [0.1, 0.15) is 6.33 Å². The molecule has 0 bridgehead atoms. The number of aryl methyl sites for hydroxylation is 2. The molecular weight excluding hydrogens is 498 g/mol. The molecule has 1 radical (unpaired) electrons. The van der Waals surface area contributed by atoms with Crippen molar-refractivity contribution in [3.8, 4) is 28.2 Å². The summed E-state index contributed by atoms with van der Waals surface area (Å²) in [6.45, 7) is 4.27. The molecular formula is C22H18IrN3-. The van der Waals surface area contributed by atoms with Gasteiger partial charge < -0.3 is 0 Å². The van der Waals surface area contributed by atoms with E-state index in [1.54, 1.807) is 6.33 Å². The van der Waals surface area contributed by atoms with Crippen LogP contribution in [0.3, 0.4) is 0 Å². The second-order valence-corrected chi connectivity index (χ2v) is 6.06. The zero-order chi connectivity index (χ0) is 17.2. The molecule has 4 heteroatoms. The fourth-order valence-electron chi connectivity index (χ4n) is 3.23. The second kappa shape index (κ2) is 7.77. The average Bonchev–Trinajstić information content (AvgIpc) is 3.12. The van der Waals surface area contributed by atoms with Crippen molar-refractivity contribution >= 4 is 0 Å². The van der Waals surface area contributed by atoms with Crippen LogP contribution in [-0.2, 0) is 20.1 Å². The largest absolute Gasteiger partial charge is 0.238 e. The zero-order valence-corrected chi connectivity index (χ0v) is 17.0. The number of benzene rings is 3. The third-order valence-corrected chi connectivity index (χ3v) is 4.38. The van der Waals surface area contributed by atoms with Gasteiger partial charge in [0.05, 0.1) is 0 Å². The first-order valence-corrected chi connectivity index (χ1v) is 8.29. The number of hydrogen-bond acceptors (Lipinski definition) is 2. The van der Waals surface area contributed by atoms with E-state index in [9.17, 15) is 0 Å². The van der Waals surface area contributed by atoms with E-state index < -0.39 is 0 Å². The molecule has 0 aliphatic carbocycles. The summed E-state index contributed by atoms with van der Waals surface area (Å²) >= 11 is 0. The molecule has 4 aromatic rings. The van der Waals surface area contributed by atoms with Gasteiger partial charge in [-0.25, -0.2) is 9.67 Å². The normalized spacial score (nSPS) is 10.4. The summed E-state index contributed by atoms with van der Waals surface area (Å²) in [5, 5.41) is 4.48. The standard InChI is InChI=1S/C22H18N3.Ir/c1-16-9-8-10-17(2)21(16)19-13-6-7-14-20(19)25-22(23-15-24-25)18-11-4-3-5-12-18;/h3-13,15H,1-2H3;/q-1;. The van der Waals surface area contributed by atoms with E-state index in [2.05, 4.69) is 54.3 Å². The van der Waals surface area contributed by atoms with Crippen molar-refractivity contribution < 1.29 is 20.1 Å². The Kier molecular flexibility index (Phi) is 5.46. The van der Waals surface area contributed by atoms with Crippen LogP contribution in [0.5, 0.6) is 0 Å². The molecule has 0 atom stereocenters. The Bertz CT molecular complexity index is 1000. The molecule has 4 rings (SSSR count). The van der Waals surface area contributed by atoms with Gasteiger partial charge in [-0.05, 0) is 19.5 Å². The van der Waals surface area contributed by atoms with E-state index in [0.29, 0.717) is 0 Å². The molecule has 1 heterocycles. The Morgan fingerprint density at radius 3 is 2.31 bits per heavy atom. The van der Waals surface area contributed by atoms with Crippen molar-refractivity contribution in [3.05, 3.63) is 90.3 Å². The smallest absolute Gasteiger partial charge is 0.160 e. The summed E-state index contributed by atoms with van der Waals surface area (Å²) in [6.07, 6.45) is 1.59. The Balaban J connectivity index is 0.00000196. The molecule has 26 heavy (non-hydrogen) atoms. The number of aromatic nitrogens is 3. The van der Waals surface area contributed by atoms with Gasteiger partial charge in [-0.1, -0.05) is 65.2 Å². The van der Waals surface area contributed by atoms with Crippen LogP contribution >= 0.6 is 0 Å². The van der Waals surface area contributed by atoms with Crippen molar-refractivity contribution in [1.82, 2.24) is 14.8 Å². The van der Waals surface area contributed by atoms with Gasteiger partial charge in [0, 0.05) is 25.7 Å². The second-order valence-electron chi connectivity index (χ2n) is 6.06. The Hall–Kier alpha value is -2.55. The monoisotopic (exact) mass is 517 g/mol. The number of hydrogen-bond donors (Lipinski definition) is 0. The van der Waals surface area contributed by atoms with Crippen molar-refractivity contribution in [2.24, 2.45) is 0 Å². The van der Waals surface area contributed by atoms with E-state index in [-0.39, 0.29) is 20.1 Å². The molecule has 1 aromatic heterocycles. The maximum absolute atomic E-state index is 4.48. The number of para-hydroxylation sites is 1. The molecule has 0 N–H and O–H groups in total. The van der Waals surface area contributed by atoms with E-state index in [1.165, 1.54) is 16.7 Å². The zero-order valence-electron chi connectivity index (χ0n) is 14.6. The SMILES string of the molecule is Cc1cccc(C)c1-c1ccc[c-]c1-n1ncnc1-c1ccccc1.[Ir]. The van der Waals surface area contributed by atoms with Crippen LogP contribution < -0.4 is 0 Å². The summed E-state index contributed by atoms with van der Waals surface area (Å²) in [6, 6.07) is 25.9. The van der Waals surface area contributed by atoms with Crippen LogP contribution in [0.25, 0.3) is 28.2 Å². The summed E-state index contributed by atoms with van der Waals surface area (Å²) < 4.78 is 1.87. The molecule has 0 saturated heterocycles. The summed E-state index contributed by atoms with van der Waals surface area (Å²) in [5.41, 5.74) is 6.76. The van der Waals surface area contributed by atoms with Gasteiger partial charge in [0.15, 0.2) is 5.82 Å². The Morgan fingerprint density at radius 1 is 0.846 bits per heavy atom. The maximum atomic E-state index is 4.48. The fraction of sp³-hybridized carbons (Fsp3) is 0.0909. The van der Waals surface area contributed by atoms with E-state index in [4.69, 9.17) is 0 Å². The minimum absolute atomic E-state index is 0.